The normalized spacial score (nSPS) is 10.4. The Hall–Kier alpha value is -3.19. The number of carbonyl (C=O) groups excluding carboxylic acids is 1. The van der Waals surface area contributed by atoms with Crippen LogP contribution in [0.4, 0.5) is 21.6 Å². The van der Waals surface area contributed by atoms with E-state index in [0.29, 0.717) is 22.9 Å². The summed E-state index contributed by atoms with van der Waals surface area (Å²) in [5.41, 5.74) is 2.21. The molecule has 0 unspecified atom stereocenters. The van der Waals surface area contributed by atoms with Gasteiger partial charge in [-0.15, -0.1) is 0 Å². The Kier molecular flexibility index (Phi) is 5.52. The average molecular weight is 387 g/mol. The second-order valence-corrected chi connectivity index (χ2v) is 6.11. The molecule has 6 nitrogen and oxygen atoms in total. The minimum Gasteiger partial charge on any atom is -0.495 e. The molecule has 0 aliphatic heterocycles. The summed E-state index contributed by atoms with van der Waals surface area (Å²) in [5.74, 6) is -0.0186. The second kappa shape index (κ2) is 8.01. The number of nitrogens with zero attached hydrogens (tertiary/aromatic N) is 2. The highest BCUT2D eigenvalue weighted by molar-refractivity contribution is 6.31. The summed E-state index contributed by atoms with van der Waals surface area (Å²) in [6.07, 6.45) is 1.26. The quantitative estimate of drug-likeness (QED) is 0.671. The summed E-state index contributed by atoms with van der Waals surface area (Å²) >= 11 is 5.77. The van der Waals surface area contributed by atoms with E-state index in [9.17, 15) is 9.18 Å². The molecule has 3 aromatic rings. The summed E-state index contributed by atoms with van der Waals surface area (Å²) in [5, 5.41) is 5.71. The highest BCUT2D eigenvalue weighted by Crippen LogP contribution is 2.26. The number of hydrogen-bond donors (Lipinski definition) is 2. The molecule has 0 fully saturated rings. The third kappa shape index (κ3) is 4.51. The van der Waals surface area contributed by atoms with E-state index >= 15 is 0 Å². The molecular formula is C19H16ClFN4O2. The Morgan fingerprint density at radius 1 is 1.15 bits per heavy atom. The first-order valence-corrected chi connectivity index (χ1v) is 8.34. The van der Waals surface area contributed by atoms with Gasteiger partial charge in [-0.3, -0.25) is 4.79 Å². The van der Waals surface area contributed by atoms with E-state index in [0.717, 1.165) is 5.56 Å². The lowest BCUT2D eigenvalue weighted by molar-refractivity contribution is 0.102. The Labute approximate surface area is 160 Å². The molecule has 0 aliphatic carbocycles. The fourth-order valence-electron chi connectivity index (χ4n) is 2.38. The molecule has 0 spiro atoms. The maximum Gasteiger partial charge on any atom is 0.274 e. The fraction of sp³-hybridized carbons (Fsp3) is 0.105. The van der Waals surface area contributed by atoms with E-state index in [1.54, 1.807) is 12.1 Å². The Bertz CT molecular complexity index is 997. The first-order valence-electron chi connectivity index (χ1n) is 7.96. The van der Waals surface area contributed by atoms with Crippen molar-refractivity contribution in [2.75, 3.05) is 17.7 Å². The number of aryl methyl sites for hydroxylation is 1. The number of aromatic nitrogens is 2. The number of methoxy groups -OCH3 is 1. The average Bonchev–Trinajstić information content (AvgIpc) is 2.65. The number of hydrogen-bond acceptors (Lipinski definition) is 5. The van der Waals surface area contributed by atoms with Gasteiger partial charge in [0, 0.05) is 11.8 Å². The molecule has 8 heteroatoms. The molecule has 1 amide bonds. The lowest BCUT2D eigenvalue weighted by atomic mass is 10.2. The van der Waals surface area contributed by atoms with Crippen LogP contribution in [0.1, 0.15) is 16.1 Å². The third-order valence-corrected chi connectivity index (χ3v) is 3.98. The maximum atomic E-state index is 13.3. The molecule has 0 aliphatic rings. The van der Waals surface area contributed by atoms with Crippen LogP contribution in [-0.4, -0.2) is 23.0 Å². The Morgan fingerprint density at radius 2 is 1.96 bits per heavy atom. The Balaban J connectivity index is 1.79. The zero-order valence-corrected chi connectivity index (χ0v) is 15.3. The molecule has 138 valence electrons. The first-order chi connectivity index (χ1) is 13.0. The van der Waals surface area contributed by atoms with Crippen LogP contribution >= 0.6 is 11.6 Å². The van der Waals surface area contributed by atoms with E-state index in [2.05, 4.69) is 20.6 Å². The lowest BCUT2D eigenvalue weighted by Crippen LogP contribution is -2.15. The van der Waals surface area contributed by atoms with Crippen molar-refractivity contribution in [1.29, 1.82) is 0 Å². The SMILES string of the molecule is COc1ccc(C)cc1NC(=O)c1cc(Nc2ccc(F)c(Cl)c2)ncn1. The molecule has 0 saturated heterocycles. The van der Waals surface area contributed by atoms with Crippen LogP contribution in [-0.2, 0) is 0 Å². The smallest absolute Gasteiger partial charge is 0.274 e. The third-order valence-electron chi connectivity index (χ3n) is 3.69. The van der Waals surface area contributed by atoms with Crippen molar-refractivity contribution in [1.82, 2.24) is 9.97 Å². The number of ether oxygens (including phenoxy) is 1. The van der Waals surface area contributed by atoms with Crippen molar-refractivity contribution in [2.45, 2.75) is 6.92 Å². The Morgan fingerprint density at radius 3 is 2.70 bits per heavy atom. The van der Waals surface area contributed by atoms with Gasteiger partial charge < -0.3 is 15.4 Å². The fourth-order valence-corrected chi connectivity index (χ4v) is 2.56. The van der Waals surface area contributed by atoms with Gasteiger partial charge in [0.15, 0.2) is 0 Å². The molecule has 2 N–H and O–H groups in total. The van der Waals surface area contributed by atoms with Crippen molar-refractivity contribution in [2.24, 2.45) is 0 Å². The summed E-state index contributed by atoms with van der Waals surface area (Å²) in [6.45, 7) is 1.91. The summed E-state index contributed by atoms with van der Waals surface area (Å²) in [6, 6.07) is 11.1. The molecule has 3 rings (SSSR count). The summed E-state index contributed by atoms with van der Waals surface area (Å²) in [7, 11) is 1.53. The van der Waals surface area contributed by atoms with Gasteiger partial charge in [0.25, 0.3) is 5.91 Å². The highest BCUT2D eigenvalue weighted by atomic mass is 35.5. The molecule has 1 aromatic heterocycles. The second-order valence-electron chi connectivity index (χ2n) is 5.70. The molecule has 0 atom stereocenters. The van der Waals surface area contributed by atoms with Crippen LogP contribution in [0.3, 0.4) is 0 Å². The molecular weight excluding hydrogens is 371 g/mol. The predicted molar refractivity (Wildman–Crippen MR) is 102 cm³/mol. The zero-order valence-electron chi connectivity index (χ0n) is 14.6. The standard InChI is InChI=1S/C19H16ClFN4O2/c1-11-3-6-17(27-2)15(7-11)25-19(26)16-9-18(23-10-22-16)24-12-4-5-14(21)13(20)8-12/h3-10H,1-2H3,(H,25,26)(H,22,23,24). The number of amides is 1. The number of anilines is 3. The number of halogens is 2. The molecule has 27 heavy (non-hydrogen) atoms. The van der Waals surface area contributed by atoms with Crippen LogP contribution in [0.15, 0.2) is 48.8 Å². The van der Waals surface area contributed by atoms with Crippen LogP contribution < -0.4 is 15.4 Å². The summed E-state index contributed by atoms with van der Waals surface area (Å²) in [4.78, 5) is 20.6. The molecule has 1 heterocycles. The first kappa shape index (κ1) is 18.6. The largest absolute Gasteiger partial charge is 0.495 e. The van der Waals surface area contributed by atoms with Gasteiger partial charge in [0.1, 0.15) is 29.4 Å². The lowest BCUT2D eigenvalue weighted by Gasteiger charge is -2.11. The van der Waals surface area contributed by atoms with E-state index < -0.39 is 11.7 Å². The van der Waals surface area contributed by atoms with Crippen molar-refractivity contribution < 1.29 is 13.9 Å². The summed E-state index contributed by atoms with van der Waals surface area (Å²) < 4.78 is 18.5. The van der Waals surface area contributed by atoms with E-state index in [4.69, 9.17) is 16.3 Å². The molecule has 0 bridgehead atoms. The van der Waals surface area contributed by atoms with E-state index in [-0.39, 0.29) is 10.7 Å². The van der Waals surface area contributed by atoms with E-state index in [1.807, 2.05) is 13.0 Å². The topological polar surface area (TPSA) is 76.1 Å². The molecule has 0 radical (unpaired) electrons. The molecule has 2 aromatic carbocycles. The number of benzene rings is 2. The number of nitrogens with one attached hydrogen (secondary N) is 2. The van der Waals surface area contributed by atoms with Crippen LogP contribution in [0.2, 0.25) is 5.02 Å². The van der Waals surface area contributed by atoms with E-state index in [1.165, 1.54) is 37.7 Å². The van der Waals surface area contributed by atoms with Gasteiger partial charge in [-0.25, -0.2) is 14.4 Å². The monoisotopic (exact) mass is 386 g/mol. The van der Waals surface area contributed by atoms with Gasteiger partial charge >= 0.3 is 0 Å². The number of rotatable bonds is 5. The minimum atomic E-state index is -0.517. The van der Waals surface area contributed by atoms with Gasteiger partial charge in [0.2, 0.25) is 0 Å². The van der Waals surface area contributed by atoms with Gasteiger partial charge in [-0.2, -0.15) is 0 Å². The highest BCUT2D eigenvalue weighted by Gasteiger charge is 2.13. The predicted octanol–water partition coefficient (Wildman–Crippen LogP) is 4.58. The van der Waals surface area contributed by atoms with Crippen molar-refractivity contribution in [3.05, 3.63) is 70.9 Å². The molecule has 0 saturated carbocycles. The van der Waals surface area contributed by atoms with Crippen molar-refractivity contribution in [3.8, 4) is 5.75 Å². The van der Waals surface area contributed by atoms with Crippen molar-refractivity contribution in [3.63, 3.8) is 0 Å². The maximum absolute atomic E-state index is 13.3. The van der Waals surface area contributed by atoms with Gasteiger partial charge in [-0.05, 0) is 42.8 Å². The van der Waals surface area contributed by atoms with Crippen LogP contribution in [0.25, 0.3) is 0 Å². The minimum absolute atomic E-state index is 0.0152. The van der Waals surface area contributed by atoms with Gasteiger partial charge in [0.05, 0.1) is 17.8 Å². The number of carbonyl (C=O) groups is 1. The van der Waals surface area contributed by atoms with Crippen LogP contribution in [0, 0.1) is 12.7 Å². The van der Waals surface area contributed by atoms with Gasteiger partial charge in [-0.1, -0.05) is 17.7 Å². The zero-order chi connectivity index (χ0) is 19.4. The van der Waals surface area contributed by atoms with Crippen molar-refractivity contribution >= 4 is 34.7 Å². The van der Waals surface area contributed by atoms with Crippen LogP contribution in [0.5, 0.6) is 5.75 Å².